The fourth-order valence-corrected chi connectivity index (χ4v) is 2.91. The quantitative estimate of drug-likeness (QED) is 0.810. The van der Waals surface area contributed by atoms with Crippen molar-refractivity contribution >= 4 is 23.2 Å². The molecule has 0 atom stereocenters. The minimum Gasteiger partial charge on any atom is -0.385 e. The number of carbonyl (C=O) groups is 1. The Kier molecular flexibility index (Phi) is 5.45. The van der Waals surface area contributed by atoms with Crippen molar-refractivity contribution in [3.8, 4) is 0 Å². The minimum absolute atomic E-state index is 0.0389. The summed E-state index contributed by atoms with van der Waals surface area (Å²) in [6.07, 6.45) is 2.42. The van der Waals surface area contributed by atoms with Crippen LogP contribution in [-0.2, 0) is 16.1 Å². The maximum absolute atomic E-state index is 12.7. The van der Waals surface area contributed by atoms with Crippen LogP contribution in [0.15, 0.2) is 36.7 Å². The highest BCUT2D eigenvalue weighted by Gasteiger charge is 2.27. The van der Waals surface area contributed by atoms with Crippen molar-refractivity contribution < 1.29 is 9.53 Å². The van der Waals surface area contributed by atoms with Gasteiger partial charge >= 0.3 is 0 Å². The first-order valence-electron chi connectivity index (χ1n) is 8.34. The second-order valence-corrected chi connectivity index (χ2v) is 5.97. The van der Waals surface area contributed by atoms with Crippen molar-refractivity contribution in [2.45, 2.75) is 13.0 Å². The minimum atomic E-state index is 0.0389. The van der Waals surface area contributed by atoms with Gasteiger partial charge in [0.05, 0.1) is 18.7 Å². The van der Waals surface area contributed by atoms with Gasteiger partial charge < -0.3 is 19.9 Å². The second-order valence-electron chi connectivity index (χ2n) is 5.97. The van der Waals surface area contributed by atoms with E-state index in [0.717, 1.165) is 35.9 Å². The number of nitrogens with zero attached hydrogens (tertiary/aromatic N) is 4. The molecule has 1 N–H and O–H groups in total. The van der Waals surface area contributed by atoms with Crippen molar-refractivity contribution in [2.75, 3.05) is 49.0 Å². The third-order valence-corrected chi connectivity index (χ3v) is 4.16. The number of anilines is 3. The van der Waals surface area contributed by atoms with Crippen LogP contribution in [0.4, 0.5) is 17.3 Å². The highest BCUT2D eigenvalue weighted by molar-refractivity contribution is 5.97. The molecule has 0 aliphatic carbocycles. The van der Waals surface area contributed by atoms with Gasteiger partial charge in [0.15, 0.2) is 0 Å². The molecular formula is C18H23N5O2. The molecule has 7 heteroatoms. The Labute approximate surface area is 147 Å². The number of likely N-dealkylation sites (N-methyl/N-ethyl adjacent to an activating group) is 1. The molecular weight excluding hydrogens is 318 g/mol. The predicted octanol–water partition coefficient (Wildman–Crippen LogP) is 1.91. The van der Waals surface area contributed by atoms with Crippen molar-refractivity contribution in [3.05, 3.63) is 42.2 Å². The topological polar surface area (TPSA) is 70.6 Å². The number of methoxy groups -OCH3 is 1. The van der Waals surface area contributed by atoms with E-state index in [1.165, 1.54) is 6.33 Å². The number of carbonyl (C=O) groups excluding carboxylic acids is 1. The smallest absolute Gasteiger partial charge is 0.246 e. The normalized spacial score (nSPS) is 14.2. The van der Waals surface area contributed by atoms with Crippen LogP contribution in [0.2, 0.25) is 0 Å². The van der Waals surface area contributed by atoms with Gasteiger partial charge in [-0.3, -0.25) is 4.79 Å². The number of ether oxygens (including phenoxy) is 1. The number of nitrogens with one attached hydrogen (secondary N) is 1. The Hall–Kier alpha value is -2.67. The van der Waals surface area contributed by atoms with Gasteiger partial charge in [-0.2, -0.15) is 0 Å². The van der Waals surface area contributed by atoms with Crippen LogP contribution >= 0.6 is 0 Å². The summed E-state index contributed by atoms with van der Waals surface area (Å²) < 4.78 is 5.08. The lowest BCUT2D eigenvalue weighted by atomic mass is 10.2. The molecule has 0 fully saturated rings. The Morgan fingerprint density at radius 1 is 1.20 bits per heavy atom. The Bertz CT molecular complexity index is 723. The third-order valence-electron chi connectivity index (χ3n) is 4.16. The number of hydrogen-bond acceptors (Lipinski definition) is 6. The van der Waals surface area contributed by atoms with E-state index >= 15 is 0 Å². The zero-order chi connectivity index (χ0) is 17.6. The Morgan fingerprint density at radius 2 is 2.00 bits per heavy atom. The summed E-state index contributed by atoms with van der Waals surface area (Å²) in [7, 11) is 3.57. The van der Waals surface area contributed by atoms with Crippen molar-refractivity contribution in [1.29, 1.82) is 0 Å². The average Bonchev–Trinajstić information content (AvgIpc) is 2.76. The number of aromatic nitrogens is 2. The van der Waals surface area contributed by atoms with Crippen LogP contribution in [0.5, 0.6) is 0 Å². The monoisotopic (exact) mass is 341 g/mol. The molecule has 1 amide bonds. The van der Waals surface area contributed by atoms with Gasteiger partial charge in [0.2, 0.25) is 5.91 Å². The maximum atomic E-state index is 12.7. The largest absolute Gasteiger partial charge is 0.385 e. The summed E-state index contributed by atoms with van der Waals surface area (Å²) in [4.78, 5) is 25.2. The van der Waals surface area contributed by atoms with Gasteiger partial charge in [-0.15, -0.1) is 0 Å². The lowest BCUT2D eigenvalue weighted by Gasteiger charge is -2.21. The molecule has 25 heavy (non-hydrogen) atoms. The van der Waals surface area contributed by atoms with E-state index in [1.54, 1.807) is 12.0 Å². The summed E-state index contributed by atoms with van der Waals surface area (Å²) >= 11 is 0. The first-order chi connectivity index (χ1) is 12.2. The molecule has 2 aromatic rings. The predicted molar refractivity (Wildman–Crippen MR) is 97.9 cm³/mol. The molecule has 7 nitrogen and oxygen atoms in total. The number of amides is 1. The molecule has 1 aromatic heterocycles. The Balaban J connectivity index is 1.90. The van der Waals surface area contributed by atoms with E-state index in [1.807, 2.05) is 42.3 Å². The van der Waals surface area contributed by atoms with Crippen molar-refractivity contribution in [1.82, 2.24) is 9.97 Å². The number of fused-ring (bicyclic) bond motifs is 1. The molecule has 0 saturated carbocycles. The Morgan fingerprint density at radius 3 is 2.76 bits per heavy atom. The first kappa shape index (κ1) is 17.2. The van der Waals surface area contributed by atoms with Crippen LogP contribution in [0.1, 0.15) is 12.0 Å². The lowest BCUT2D eigenvalue weighted by molar-refractivity contribution is -0.117. The van der Waals surface area contributed by atoms with Crippen molar-refractivity contribution in [2.24, 2.45) is 0 Å². The molecule has 1 aromatic carbocycles. The molecule has 0 saturated heterocycles. The SMILES string of the molecule is COCCCNc1ncnc2c1CN(c1ccccc1)C(=O)CN2C. The summed E-state index contributed by atoms with van der Waals surface area (Å²) in [5.41, 5.74) is 1.81. The number of para-hydroxylation sites is 1. The average molecular weight is 341 g/mol. The summed E-state index contributed by atoms with van der Waals surface area (Å²) in [6, 6.07) is 9.70. The molecule has 0 radical (unpaired) electrons. The molecule has 0 bridgehead atoms. The van der Waals surface area contributed by atoms with E-state index in [0.29, 0.717) is 13.2 Å². The van der Waals surface area contributed by atoms with Crippen LogP contribution in [0, 0.1) is 0 Å². The van der Waals surface area contributed by atoms with Gasteiger partial charge in [-0.1, -0.05) is 18.2 Å². The maximum Gasteiger partial charge on any atom is 0.246 e. The van der Waals surface area contributed by atoms with Gasteiger partial charge in [-0.05, 0) is 18.6 Å². The fourth-order valence-electron chi connectivity index (χ4n) is 2.91. The highest BCUT2D eigenvalue weighted by Crippen LogP contribution is 2.29. The van der Waals surface area contributed by atoms with E-state index in [2.05, 4.69) is 15.3 Å². The van der Waals surface area contributed by atoms with Gasteiger partial charge in [-0.25, -0.2) is 9.97 Å². The van der Waals surface area contributed by atoms with Gasteiger partial charge in [0.25, 0.3) is 0 Å². The molecule has 2 heterocycles. The molecule has 0 spiro atoms. The summed E-state index contributed by atoms with van der Waals surface area (Å²) in [5, 5.41) is 3.35. The lowest BCUT2D eigenvalue weighted by Crippen LogP contribution is -2.35. The van der Waals surface area contributed by atoms with E-state index < -0.39 is 0 Å². The zero-order valence-corrected chi connectivity index (χ0v) is 14.6. The molecule has 1 aliphatic rings. The van der Waals surface area contributed by atoms with Crippen LogP contribution in [-0.4, -0.2) is 49.7 Å². The number of rotatable bonds is 6. The van der Waals surface area contributed by atoms with Crippen LogP contribution in [0.25, 0.3) is 0 Å². The number of benzene rings is 1. The van der Waals surface area contributed by atoms with Gasteiger partial charge in [0.1, 0.15) is 18.0 Å². The summed E-state index contributed by atoms with van der Waals surface area (Å²) in [5.74, 6) is 1.59. The molecule has 1 aliphatic heterocycles. The molecule has 132 valence electrons. The van der Waals surface area contributed by atoms with Crippen LogP contribution < -0.4 is 15.1 Å². The van der Waals surface area contributed by atoms with E-state index in [-0.39, 0.29) is 12.5 Å². The molecule has 0 unspecified atom stereocenters. The standard InChI is InChI=1S/C18H23N5O2/c1-22-12-16(24)23(14-7-4-3-5-8-14)11-15-17(19-9-6-10-25-2)20-13-21-18(15)22/h3-5,7-8,13H,6,9-12H2,1-2H3,(H,19,20,21). The summed E-state index contributed by atoms with van der Waals surface area (Å²) in [6.45, 7) is 2.16. The third kappa shape index (κ3) is 3.88. The fraction of sp³-hybridized carbons (Fsp3) is 0.389. The highest BCUT2D eigenvalue weighted by atomic mass is 16.5. The second kappa shape index (κ2) is 7.94. The van der Waals surface area contributed by atoms with Crippen LogP contribution in [0.3, 0.4) is 0 Å². The van der Waals surface area contributed by atoms with E-state index in [4.69, 9.17) is 4.74 Å². The van der Waals surface area contributed by atoms with E-state index in [9.17, 15) is 4.79 Å². The first-order valence-corrected chi connectivity index (χ1v) is 8.34. The van der Waals surface area contributed by atoms with Crippen molar-refractivity contribution in [3.63, 3.8) is 0 Å². The molecule has 3 rings (SSSR count). The van der Waals surface area contributed by atoms with Gasteiger partial charge in [0, 0.05) is 33.0 Å². The number of hydrogen-bond donors (Lipinski definition) is 1. The zero-order valence-electron chi connectivity index (χ0n) is 14.6.